The number of anilines is 4. The van der Waals surface area contributed by atoms with Crippen LogP contribution < -0.4 is 21.3 Å². The number of carbonyl (C=O) groups excluding carboxylic acids is 1. The largest absolute Gasteiger partial charge is 0.381 e. The zero-order valence-electron chi connectivity index (χ0n) is 23.3. The van der Waals surface area contributed by atoms with E-state index >= 15 is 0 Å². The third-order valence-electron chi connectivity index (χ3n) is 9.14. The molecule has 1 saturated heterocycles. The molecule has 1 atom stereocenters. The van der Waals surface area contributed by atoms with E-state index in [-0.39, 0.29) is 23.2 Å². The van der Waals surface area contributed by atoms with E-state index in [0.29, 0.717) is 30.0 Å². The van der Waals surface area contributed by atoms with Gasteiger partial charge in [0, 0.05) is 38.2 Å². The summed E-state index contributed by atoms with van der Waals surface area (Å²) in [5.41, 5.74) is 8.30. The van der Waals surface area contributed by atoms with Gasteiger partial charge in [-0.2, -0.15) is 10.4 Å². The van der Waals surface area contributed by atoms with Crippen molar-refractivity contribution in [1.82, 2.24) is 14.8 Å². The number of nitrogens with zero attached hydrogens (tertiary/aromatic N) is 5. The first-order valence-electron chi connectivity index (χ1n) is 15.1. The molecule has 0 aromatic carbocycles. The van der Waals surface area contributed by atoms with Crippen LogP contribution in [0.25, 0.3) is 0 Å². The maximum atomic E-state index is 13.8. The molecule has 9 heteroatoms. The molecule has 9 nitrogen and oxygen atoms in total. The Morgan fingerprint density at radius 3 is 2.36 bits per heavy atom. The minimum absolute atomic E-state index is 0.124. The van der Waals surface area contributed by atoms with Crippen LogP contribution in [0.2, 0.25) is 0 Å². The number of rotatable bonds is 4. The second-order valence-corrected chi connectivity index (χ2v) is 11.6. The first kappa shape index (κ1) is 27.3. The maximum Gasteiger partial charge on any atom is 0.263 e. The molecule has 3 aliphatic rings. The molecule has 4 N–H and O–H groups in total. The Morgan fingerprint density at radius 1 is 1.05 bits per heavy atom. The lowest BCUT2D eigenvalue weighted by Crippen LogP contribution is -2.49. The summed E-state index contributed by atoms with van der Waals surface area (Å²) in [6, 6.07) is 4.42. The lowest BCUT2D eigenvalue weighted by molar-refractivity contribution is 0.102. The van der Waals surface area contributed by atoms with Crippen LogP contribution in [0.1, 0.15) is 107 Å². The van der Waals surface area contributed by atoms with Crippen LogP contribution in [0.4, 0.5) is 23.0 Å². The highest BCUT2D eigenvalue weighted by molar-refractivity contribution is 6.12. The number of hydrogen-bond donors (Lipinski definition) is 3. The average Bonchev–Trinajstić information content (AvgIpc) is 3.09. The van der Waals surface area contributed by atoms with E-state index in [4.69, 9.17) is 10.8 Å². The Bertz CT molecular complexity index is 1150. The highest BCUT2D eigenvalue weighted by atomic mass is 16.1. The summed E-state index contributed by atoms with van der Waals surface area (Å²) in [6.07, 6.45) is 20.3. The van der Waals surface area contributed by atoms with Gasteiger partial charge in [-0.25, -0.2) is 4.68 Å². The van der Waals surface area contributed by atoms with Crippen molar-refractivity contribution < 1.29 is 4.79 Å². The fourth-order valence-electron chi connectivity index (χ4n) is 7.02. The van der Waals surface area contributed by atoms with E-state index < -0.39 is 0 Å². The molecule has 0 bridgehead atoms. The Balaban J connectivity index is 1.47. The number of pyridine rings is 1. The zero-order chi connectivity index (χ0) is 27.1. The van der Waals surface area contributed by atoms with Gasteiger partial charge in [0.25, 0.3) is 5.91 Å². The number of aromatic nitrogens is 3. The Kier molecular flexibility index (Phi) is 8.90. The van der Waals surface area contributed by atoms with Gasteiger partial charge in [-0.3, -0.25) is 9.78 Å². The summed E-state index contributed by atoms with van der Waals surface area (Å²) in [4.78, 5) is 20.5. The first-order valence-corrected chi connectivity index (χ1v) is 15.1. The molecule has 0 radical (unpaired) electrons. The van der Waals surface area contributed by atoms with Gasteiger partial charge in [-0.15, -0.1) is 0 Å². The van der Waals surface area contributed by atoms with Crippen LogP contribution in [-0.2, 0) is 5.54 Å². The van der Waals surface area contributed by atoms with Crippen molar-refractivity contribution in [3.63, 3.8) is 0 Å². The van der Waals surface area contributed by atoms with E-state index in [1.165, 1.54) is 51.4 Å². The second kappa shape index (κ2) is 12.7. The predicted molar refractivity (Wildman–Crippen MR) is 156 cm³/mol. The quantitative estimate of drug-likeness (QED) is 0.437. The molecular weight excluding hydrogens is 488 g/mol. The number of nitrogen functional groups attached to an aromatic ring is 1. The van der Waals surface area contributed by atoms with Gasteiger partial charge in [-0.1, -0.05) is 64.2 Å². The molecule has 1 amide bonds. The number of carbonyl (C=O) groups is 1. The van der Waals surface area contributed by atoms with Crippen molar-refractivity contribution in [2.24, 2.45) is 5.92 Å². The first-order chi connectivity index (χ1) is 19.1. The summed E-state index contributed by atoms with van der Waals surface area (Å²) >= 11 is 0. The Morgan fingerprint density at radius 2 is 1.69 bits per heavy atom. The summed E-state index contributed by atoms with van der Waals surface area (Å²) in [5.74, 6) is 0.783. The van der Waals surface area contributed by atoms with Gasteiger partial charge in [0.15, 0.2) is 5.82 Å². The molecule has 39 heavy (non-hydrogen) atoms. The Hall–Kier alpha value is -3.28. The van der Waals surface area contributed by atoms with Gasteiger partial charge >= 0.3 is 0 Å². The van der Waals surface area contributed by atoms with Crippen molar-refractivity contribution >= 4 is 28.9 Å². The number of amides is 1. The number of nitriles is 1. The van der Waals surface area contributed by atoms with Crippen molar-refractivity contribution in [3.05, 3.63) is 24.0 Å². The van der Waals surface area contributed by atoms with Crippen LogP contribution in [0.3, 0.4) is 0 Å². The van der Waals surface area contributed by atoms with Crippen molar-refractivity contribution in [1.29, 1.82) is 5.26 Å². The standard InChI is InChI=1S/C30H44N8O/c31-17-13-23-21-34-28-26(27(32)36-38(28)30(23)15-9-5-3-1-2-4-6-10-16-30)29(39)35-24-22-33-18-14-25(24)37-19-11-7-8-12-20-37/h14,18,22-23,34H,1-13,15-16,19-21H2,(H2,32,36)(H,35,39). The maximum absolute atomic E-state index is 13.8. The highest BCUT2D eigenvalue weighted by Gasteiger charge is 2.46. The molecule has 1 aliphatic carbocycles. The molecule has 210 valence electrons. The van der Waals surface area contributed by atoms with Crippen molar-refractivity contribution in [3.8, 4) is 6.07 Å². The van der Waals surface area contributed by atoms with Gasteiger partial charge in [0.1, 0.15) is 11.4 Å². The van der Waals surface area contributed by atoms with Gasteiger partial charge < -0.3 is 21.3 Å². The molecule has 2 aromatic heterocycles. The lowest BCUT2D eigenvalue weighted by atomic mass is 9.73. The number of nitrogens with one attached hydrogen (secondary N) is 2. The van der Waals surface area contributed by atoms with Gasteiger partial charge in [-0.05, 0) is 31.7 Å². The van der Waals surface area contributed by atoms with Crippen molar-refractivity contribution in [2.45, 2.75) is 102 Å². The fourth-order valence-corrected chi connectivity index (χ4v) is 7.02. The third-order valence-corrected chi connectivity index (χ3v) is 9.14. The van der Waals surface area contributed by atoms with E-state index in [9.17, 15) is 10.1 Å². The molecule has 4 heterocycles. The molecule has 2 fully saturated rings. The molecule has 2 aromatic rings. The molecule has 1 unspecified atom stereocenters. The van der Waals surface area contributed by atoms with Crippen LogP contribution in [0.5, 0.6) is 0 Å². The molecule has 1 saturated carbocycles. The monoisotopic (exact) mass is 532 g/mol. The number of fused-ring (bicyclic) bond motifs is 2. The number of nitrogens with two attached hydrogens (primary N) is 1. The Labute approximate surface area is 232 Å². The van der Waals surface area contributed by atoms with E-state index in [1.54, 1.807) is 12.4 Å². The van der Waals surface area contributed by atoms with Gasteiger partial charge in [0.2, 0.25) is 0 Å². The number of hydrogen-bond acceptors (Lipinski definition) is 7. The minimum Gasteiger partial charge on any atom is -0.381 e. The van der Waals surface area contributed by atoms with Crippen LogP contribution in [-0.4, -0.2) is 40.3 Å². The van der Waals surface area contributed by atoms with Crippen LogP contribution >= 0.6 is 0 Å². The molecule has 1 spiro atoms. The second-order valence-electron chi connectivity index (χ2n) is 11.6. The summed E-state index contributed by atoms with van der Waals surface area (Å²) in [5, 5.41) is 21.1. The zero-order valence-corrected chi connectivity index (χ0v) is 23.3. The lowest BCUT2D eigenvalue weighted by Gasteiger charge is -2.45. The van der Waals surface area contributed by atoms with Crippen LogP contribution in [0, 0.1) is 17.2 Å². The van der Waals surface area contributed by atoms with Crippen LogP contribution in [0.15, 0.2) is 18.5 Å². The normalized spacial score (nSPS) is 22.0. The summed E-state index contributed by atoms with van der Waals surface area (Å²) < 4.78 is 2.01. The SMILES string of the molecule is N#CCC1CNc2c(C(=O)Nc3cnccc3N3CCCCCC3)c(N)nn2C12CCCCCCCCCC2. The van der Waals surface area contributed by atoms with E-state index in [0.717, 1.165) is 57.3 Å². The minimum atomic E-state index is -0.307. The topological polar surface area (TPSA) is 125 Å². The molecule has 5 rings (SSSR count). The fraction of sp³-hybridized carbons (Fsp3) is 0.667. The summed E-state index contributed by atoms with van der Waals surface area (Å²) in [6.45, 7) is 2.59. The van der Waals surface area contributed by atoms with Gasteiger partial charge in [0.05, 0.1) is 29.2 Å². The van der Waals surface area contributed by atoms with E-state index in [1.807, 2.05) is 10.7 Å². The smallest absolute Gasteiger partial charge is 0.263 e. The molecular formula is C30H44N8O. The molecule has 2 aliphatic heterocycles. The predicted octanol–water partition coefficient (Wildman–Crippen LogP) is 6.06. The van der Waals surface area contributed by atoms with E-state index in [2.05, 4.69) is 26.6 Å². The van der Waals surface area contributed by atoms with Crippen molar-refractivity contribution in [2.75, 3.05) is 40.9 Å². The third kappa shape index (κ3) is 5.85. The summed E-state index contributed by atoms with van der Waals surface area (Å²) in [7, 11) is 0. The highest BCUT2D eigenvalue weighted by Crippen LogP contribution is 2.46. The average molecular weight is 533 g/mol.